The van der Waals surface area contributed by atoms with E-state index in [4.69, 9.17) is 11.6 Å². The second-order valence-corrected chi connectivity index (χ2v) is 5.92. The largest absolute Gasteiger partial charge is 0.307 e. The van der Waals surface area contributed by atoms with Gasteiger partial charge in [0.05, 0.1) is 6.04 Å². The van der Waals surface area contributed by atoms with Crippen LogP contribution in [0.5, 0.6) is 0 Å². The maximum Gasteiger partial charge on any atom is 0.123 e. The lowest BCUT2D eigenvalue weighted by atomic mass is 9.92. The monoisotopic (exact) mass is 305 g/mol. The molecular weight excluding hydrogens is 285 g/mol. The Balaban J connectivity index is 2.55. The van der Waals surface area contributed by atoms with Gasteiger partial charge in [0.25, 0.3) is 0 Å². The molecule has 1 atom stereocenters. The van der Waals surface area contributed by atoms with Crippen LogP contribution in [0.25, 0.3) is 0 Å². The topological polar surface area (TPSA) is 12.0 Å². The van der Waals surface area contributed by atoms with Crippen molar-refractivity contribution in [1.82, 2.24) is 5.32 Å². The Bertz CT molecular complexity index is 632. The van der Waals surface area contributed by atoms with Crippen molar-refractivity contribution < 1.29 is 4.39 Å². The van der Waals surface area contributed by atoms with Crippen LogP contribution in [0.2, 0.25) is 5.02 Å². The van der Waals surface area contributed by atoms with Crippen molar-refractivity contribution in [2.45, 2.75) is 33.7 Å². The fraction of sp³-hybridized carbons (Fsp3) is 0.333. The van der Waals surface area contributed by atoms with Gasteiger partial charge in [-0.3, -0.25) is 0 Å². The molecule has 0 aromatic heterocycles. The second kappa shape index (κ2) is 6.59. The van der Waals surface area contributed by atoms with Crippen molar-refractivity contribution in [1.29, 1.82) is 0 Å². The first kappa shape index (κ1) is 16.0. The van der Waals surface area contributed by atoms with Crippen LogP contribution < -0.4 is 5.32 Å². The molecule has 0 radical (unpaired) electrons. The Morgan fingerprint density at radius 1 is 1.05 bits per heavy atom. The van der Waals surface area contributed by atoms with E-state index in [1.807, 2.05) is 32.9 Å². The average Bonchev–Trinajstić information content (AvgIpc) is 2.39. The molecule has 0 fully saturated rings. The van der Waals surface area contributed by atoms with Gasteiger partial charge in [-0.05, 0) is 73.3 Å². The van der Waals surface area contributed by atoms with Gasteiger partial charge in [-0.2, -0.15) is 0 Å². The Morgan fingerprint density at radius 3 is 2.38 bits per heavy atom. The van der Waals surface area contributed by atoms with Crippen molar-refractivity contribution >= 4 is 11.6 Å². The smallest absolute Gasteiger partial charge is 0.123 e. The molecule has 1 nitrogen and oxygen atoms in total. The van der Waals surface area contributed by atoms with Crippen molar-refractivity contribution in [3.63, 3.8) is 0 Å². The van der Waals surface area contributed by atoms with E-state index in [1.165, 1.54) is 0 Å². The van der Waals surface area contributed by atoms with Crippen molar-refractivity contribution in [2.75, 3.05) is 6.54 Å². The van der Waals surface area contributed by atoms with Crippen molar-refractivity contribution in [3.05, 3.63) is 69.0 Å². The standard InChI is InChI=1S/C18H21ClFN/c1-5-21-18(14-6-11(2)7-15(20)10-14)16-8-13(4)17(19)9-12(16)3/h6-10,18,21H,5H2,1-4H3. The molecule has 0 saturated heterocycles. The third-order valence-electron chi connectivity index (χ3n) is 3.66. The summed E-state index contributed by atoms with van der Waals surface area (Å²) in [6, 6.07) is 9.21. The highest BCUT2D eigenvalue weighted by molar-refractivity contribution is 6.31. The fourth-order valence-corrected chi connectivity index (χ4v) is 2.88. The summed E-state index contributed by atoms with van der Waals surface area (Å²) in [4.78, 5) is 0. The van der Waals surface area contributed by atoms with Crippen LogP contribution in [0.4, 0.5) is 4.39 Å². The third-order valence-corrected chi connectivity index (χ3v) is 4.07. The molecule has 0 heterocycles. The number of benzene rings is 2. The lowest BCUT2D eigenvalue weighted by molar-refractivity contribution is 0.600. The molecular formula is C18H21ClFN. The zero-order valence-corrected chi connectivity index (χ0v) is 13.7. The molecule has 21 heavy (non-hydrogen) atoms. The first-order valence-corrected chi connectivity index (χ1v) is 7.57. The third kappa shape index (κ3) is 3.63. The molecule has 1 N–H and O–H groups in total. The number of nitrogens with one attached hydrogen (secondary N) is 1. The fourth-order valence-electron chi connectivity index (χ4n) is 2.66. The van der Waals surface area contributed by atoms with Gasteiger partial charge in [0.1, 0.15) is 5.82 Å². The summed E-state index contributed by atoms with van der Waals surface area (Å²) in [7, 11) is 0. The number of halogens is 2. The Labute approximate surface area is 131 Å². The predicted octanol–water partition coefficient (Wildman–Crippen LogP) is 5.10. The Kier molecular flexibility index (Phi) is 5.02. The number of aryl methyl sites for hydroxylation is 3. The Morgan fingerprint density at radius 2 is 1.76 bits per heavy atom. The minimum absolute atomic E-state index is 0.0274. The normalized spacial score (nSPS) is 12.5. The van der Waals surface area contributed by atoms with Gasteiger partial charge in [-0.1, -0.05) is 30.7 Å². The molecule has 0 amide bonds. The van der Waals surface area contributed by atoms with Gasteiger partial charge < -0.3 is 5.32 Å². The molecule has 0 saturated carbocycles. The highest BCUT2D eigenvalue weighted by atomic mass is 35.5. The molecule has 2 aromatic carbocycles. The van der Waals surface area contributed by atoms with Crippen molar-refractivity contribution in [2.24, 2.45) is 0 Å². The van der Waals surface area contributed by atoms with E-state index in [9.17, 15) is 4.39 Å². The van der Waals surface area contributed by atoms with E-state index in [2.05, 4.69) is 18.3 Å². The highest BCUT2D eigenvalue weighted by Gasteiger charge is 2.17. The molecule has 0 aliphatic rings. The van der Waals surface area contributed by atoms with E-state index in [-0.39, 0.29) is 11.9 Å². The summed E-state index contributed by atoms with van der Waals surface area (Å²) in [6.07, 6.45) is 0. The van der Waals surface area contributed by atoms with Gasteiger partial charge in [-0.25, -0.2) is 4.39 Å². The number of rotatable bonds is 4. The minimum Gasteiger partial charge on any atom is -0.307 e. The first-order chi connectivity index (χ1) is 9.92. The number of hydrogen-bond acceptors (Lipinski definition) is 1. The molecule has 2 aromatic rings. The molecule has 1 unspecified atom stereocenters. The molecule has 0 aliphatic carbocycles. The molecule has 112 valence electrons. The van der Waals surface area contributed by atoms with Gasteiger partial charge >= 0.3 is 0 Å². The van der Waals surface area contributed by atoms with E-state index in [0.717, 1.165) is 39.4 Å². The molecule has 0 bridgehead atoms. The molecule has 0 spiro atoms. The van der Waals surface area contributed by atoms with Crippen LogP contribution in [0.1, 0.15) is 40.8 Å². The van der Waals surface area contributed by atoms with Crippen LogP contribution in [-0.2, 0) is 0 Å². The van der Waals surface area contributed by atoms with Crippen LogP contribution in [0, 0.1) is 26.6 Å². The summed E-state index contributed by atoms with van der Waals surface area (Å²) in [5.41, 5.74) is 5.16. The van der Waals surface area contributed by atoms with Gasteiger partial charge in [0, 0.05) is 5.02 Å². The Hall–Kier alpha value is -1.38. The molecule has 0 aliphatic heterocycles. The predicted molar refractivity (Wildman–Crippen MR) is 87.6 cm³/mol. The lowest BCUT2D eigenvalue weighted by Gasteiger charge is -2.22. The molecule has 2 rings (SSSR count). The summed E-state index contributed by atoms with van der Waals surface area (Å²) in [5.74, 6) is -0.198. The lowest BCUT2D eigenvalue weighted by Crippen LogP contribution is -2.23. The van der Waals surface area contributed by atoms with E-state index < -0.39 is 0 Å². The van der Waals surface area contributed by atoms with Gasteiger partial charge in [-0.15, -0.1) is 0 Å². The van der Waals surface area contributed by atoms with E-state index >= 15 is 0 Å². The van der Waals surface area contributed by atoms with Crippen LogP contribution in [-0.4, -0.2) is 6.54 Å². The van der Waals surface area contributed by atoms with Gasteiger partial charge in [0.15, 0.2) is 0 Å². The van der Waals surface area contributed by atoms with Crippen LogP contribution in [0.3, 0.4) is 0 Å². The quantitative estimate of drug-likeness (QED) is 0.828. The molecule has 3 heteroatoms. The van der Waals surface area contributed by atoms with Gasteiger partial charge in [0.2, 0.25) is 0 Å². The minimum atomic E-state index is -0.198. The van der Waals surface area contributed by atoms with Crippen LogP contribution >= 0.6 is 11.6 Å². The van der Waals surface area contributed by atoms with Crippen LogP contribution in [0.15, 0.2) is 30.3 Å². The first-order valence-electron chi connectivity index (χ1n) is 7.19. The summed E-state index contributed by atoms with van der Waals surface area (Å²) >= 11 is 6.18. The highest BCUT2D eigenvalue weighted by Crippen LogP contribution is 2.30. The number of hydrogen-bond donors (Lipinski definition) is 1. The average molecular weight is 306 g/mol. The van der Waals surface area contributed by atoms with Crippen molar-refractivity contribution in [3.8, 4) is 0 Å². The van der Waals surface area contributed by atoms with E-state index in [0.29, 0.717) is 0 Å². The maximum absolute atomic E-state index is 13.7. The zero-order chi connectivity index (χ0) is 15.6. The maximum atomic E-state index is 13.7. The second-order valence-electron chi connectivity index (χ2n) is 5.51. The summed E-state index contributed by atoms with van der Waals surface area (Å²) < 4.78 is 13.7. The van der Waals surface area contributed by atoms with E-state index in [1.54, 1.807) is 12.1 Å². The zero-order valence-electron chi connectivity index (χ0n) is 12.9. The summed E-state index contributed by atoms with van der Waals surface area (Å²) in [5, 5.41) is 4.21. The summed E-state index contributed by atoms with van der Waals surface area (Å²) in [6.45, 7) is 8.80. The SMILES string of the molecule is CCNC(c1cc(C)cc(F)c1)c1cc(C)c(Cl)cc1C.